The van der Waals surface area contributed by atoms with Crippen molar-refractivity contribution in [3.63, 3.8) is 0 Å². The fraction of sp³-hybridized carbons (Fsp3) is 0.474. The van der Waals surface area contributed by atoms with Gasteiger partial charge in [-0.25, -0.2) is 0 Å². The Morgan fingerprint density at radius 2 is 2.13 bits per heavy atom. The number of hydrogen-bond acceptors (Lipinski definition) is 7. The van der Waals surface area contributed by atoms with E-state index in [0.717, 1.165) is 25.0 Å². The number of alkyl halides is 3. The van der Waals surface area contributed by atoms with Crippen LogP contribution < -0.4 is 10.1 Å². The molecule has 0 bridgehead atoms. The van der Waals surface area contributed by atoms with Crippen LogP contribution in [0.5, 0.6) is 5.75 Å². The first-order valence-electron chi connectivity index (χ1n) is 9.43. The van der Waals surface area contributed by atoms with Crippen LogP contribution in [-0.4, -0.2) is 45.7 Å². The Morgan fingerprint density at radius 1 is 1.37 bits per heavy atom. The lowest BCUT2D eigenvalue weighted by molar-refractivity contribution is -0.137. The number of amides is 1. The number of aromatic nitrogens is 2. The number of nitrogens with one attached hydrogen (secondary N) is 1. The molecule has 2 fully saturated rings. The number of benzene rings is 1. The molecule has 2 aliphatic rings. The summed E-state index contributed by atoms with van der Waals surface area (Å²) in [5.74, 6) is -1.07. The van der Waals surface area contributed by atoms with Gasteiger partial charge in [-0.2, -0.15) is 18.4 Å². The van der Waals surface area contributed by atoms with E-state index in [0.29, 0.717) is 13.0 Å². The second-order valence-electron chi connectivity index (χ2n) is 7.45. The van der Waals surface area contributed by atoms with E-state index in [2.05, 4.69) is 21.7 Å². The molecule has 2 aromatic rings. The Labute approximate surface area is 169 Å². The summed E-state index contributed by atoms with van der Waals surface area (Å²) in [7, 11) is 0. The Bertz CT molecular complexity index is 996. The van der Waals surface area contributed by atoms with E-state index in [-0.39, 0.29) is 41.3 Å². The zero-order valence-electron chi connectivity index (χ0n) is 15.9. The SMILES string of the molecule is C[C@@H]1C[C@@H](NC(=O)c2nnc(-c3cc(C(F)(F)F)ccc3OC3CC3)o2)CN1C#N. The number of halogens is 3. The van der Waals surface area contributed by atoms with Gasteiger partial charge in [0.2, 0.25) is 0 Å². The van der Waals surface area contributed by atoms with E-state index >= 15 is 0 Å². The van der Waals surface area contributed by atoms with Crippen molar-refractivity contribution in [3.05, 3.63) is 29.7 Å². The van der Waals surface area contributed by atoms with Gasteiger partial charge in [0, 0.05) is 18.6 Å². The molecule has 1 amide bonds. The molecule has 11 heteroatoms. The van der Waals surface area contributed by atoms with Crippen LogP contribution in [0, 0.1) is 11.5 Å². The lowest BCUT2D eigenvalue weighted by Gasteiger charge is -2.12. The van der Waals surface area contributed by atoms with Gasteiger partial charge in [-0.05, 0) is 44.4 Å². The fourth-order valence-electron chi connectivity index (χ4n) is 3.29. The minimum absolute atomic E-state index is 0.00853. The number of nitriles is 1. The summed E-state index contributed by atoms with van der Waals surface area (Å²) in [4.78, 5) is 14.0. The molecule has 4 rings (SSSR count). The Morgan fingerprint density at radius 3 is 2.77 bits per heavy atom. The molecule has 1 aromatic carbocycles. The van der Waals surface area contributed by atoms with Crippen LogP contribution in [0.1, 0.15) is 42.4 Å². The van der Waals surface area contributed by atoms with Gasteiger partial charge < -0.3 is 19.4 Å². The number of hydrogen-bond donors (Lipinski definition) is 1. The molecule has 30 heavy (non-hydrogen) atoms. The highest BCUT2D eigenvalue weighted by molar-refractivity contribution is 5.90. The monoisotopic (exact) mass is 421 g/mol. The van der Waals surface area contributed by atoms with Gasteiger partial charge in [0.05, 0.1) is 17.2 Å². The van der Waals surface area contributed by atoms with E-state index in [1.807, 2.05) is 6.92 Å². The van der Waals surface area contributed by atoms with E-state index < -0.39 is 17.6 Å². The van der Waals surface area contributed by atoms with Crippen LogP contribution >= 0.6 is 0 Å². The number of ether oxygens (including phenoxy) is 1. The molecular weight excluding hydrogens is 403 g/mol. The van der Waals surface area contributed by atoms with Crippen LogP contribution in [0.25, 0.3) is 11.5 Å². The summed E-state index contributed by atoms with van der Waals surface area (Å²) in [5, 5.41) is 19.2. The average Bonchev–Trinajstić information content (AvgIpc) is 3.23. The molecule has 1 N–H and O–H groups in total. The number of nitrogens with zero attached hydrogens (tertiary/aromatic N) is 4. The van der Waals surface area contributed by atoms with Gasteiger partial charge in [0.1, 0.15) is 5.75 Å². The zero-order chi connectivity index (χ0) is 21.5. The predicted molar refractivity (Wildman–Crippen MR) is 96.0 cm³/mol. The van der Waals surface area contributed by atoms with Crippen molar-refractivity contribution >= 4 is 5.91 Å². The maximum absolute atomic E-state index is 13.1. The standard InChI is InChI=1S/C19H18F3N5O3/c1-10-6-12(8-27(10)9-23)24-16(28)18-26-25-17(30-18)14-7-11(19(20,21)22)2-5-15(14)29-13-3-4-13/h2,5,7,10,12-13H,3-4,6,8H2,1H3,(H,24,28)/t10-,12-/m1/s1. The van der Waals surface area contributed by atoms with Gasteiger partial charge >= 0.3 is 18.0 Å². The van der Waals surface area contributed by atoms with Gasteiger partial charge in [0.25, 0.3) is 5.89 Å². The second kappa shape index (κ2) is 7.51. The minimum atomic E-state index is -4.56. The molecule has 0 unspecified atom stereocenters. The molecule has 8 nitrogen and oxygen atoms in total. The molecule has 1 aromatic heterocycles. The molecule has 1 saturated heterocycles. The minimum Gasteiger partial charge on any atom is -0.490 e. The highest BCUT2D eigenvalue weighted by atomic mass is 19.4. The smallest absolute Gasteiger partial charge is 0.416 e. The second-order valence-corrected chi connectivity index (χ2v) is 7.45. The molecule has 1 aliphatic heterocycles. The van der Waals surface area contributed by atoms with Crippen LogP contribution in [0.15, 0.2) is 22.6 Å². The predicted octanol–water partition coefficient (Wildman–Crippen LogP) is 2.97. The van der Waals surface area contributed by atoms with Crippen LogP contribution in [-0.2, 0) is 6.18 Å². The lowest BCUT2D eigenvalue weighted by Crippen LogP contribution is -2.36. The molecule has 1 saturated carbocycles. The van der Waals surface area contributed by atoms with Gasteiger partial charge in [-0.15, -0.1) is 10.2 Å². The zero-order valence-corrected chi connectivity index (χ0v) is 15.9. The van der Waals surface area contributed by atoms with Crippen molar-refractivity contribution in [1.82, 2.24) is 20.4 Å². The van der Waals surface area contributed by atoms with Crippen molar-refractivity contribution in [2.45, 2.75) is 50.6 Å². The third kappa shape index (κ3) is 4.17. The van der Waals surface area contributed by atoms with Crippen LogP contribution in [0.3, 0.4) is 0 Å². The molecule has 0 radical (unpaired) electrons. The number of carbonyl (C=O) groups is 1. The summed E-state index contributed by atoms with van der Waals surface area (Å²) < 4.78 is 50.5. The first-order valence-corrected chi connectivity index (χ1v) is 9.43. The highest BCUT2D eigenvalue weighted by Gasteiger charge is 2.34. The van der Waals surface area contributed by atoms with E-state index in [1.54, 1.807) is 4.90 Å². The highest BCUT2D eigenvalue weighted by Crippen LogP contribution is 2.39. The average molecular weight is 421 g/mol. The topological polar surface area (TPSA) is 104 Å². The third-order valence-corrected chi connectivity index (χ3v) is 5.01. The van der Waals surface area contributed by atoms with Gasteiger partial charge in [0.15, 0.2) is 6.19 Å². The van der Waals surface area contributed by atoms with Crippen molar-refractivity contribution < 1.29 is 27.1 Å². The molecule has 158 valence electrons. The maximum atomic E-state index is 13.1. The van der Waals surface area contributed by atoms with Crippen molar-refractivity contribution in [3.8, 4) is 23.4 Å². The normalized spacial score (nSPS) is 21.4. The number of rotatable bonds is 5. The summed E-state index contributed by atoms with van der Waals surface area (Å²) in [5.41, 5.74) is -0.908. The third-order valence-electron chi connectivity index (χ3n) is 5.01. The quantitative estimate of drug-likeness (QED) is 0.740. The first-order chi connectivity index (χ1) is 14.2. The number of likely N-dealkylation sites (tertiary alicyclic amines) is 1. The van der Waals surface area contributed by atoms with Crippen molar-refractivity contribution in [2.24, 2.45) is 0 Å². The molecule has 0 spiro atoms. The first kappa shape index (κ1) is 20.0. The molecule has 1 aliphatic carbocycles. The summed E-state index contributed by atoms with van der Waals surface area (Å²) in [6.07, 6.45) is -0.352. The van der Waals surface area contributed by atoms with Crippen LogP contribution in [0.2, 0.25) is 0 Å². The summed E-state index contributed by atoms with van der Waals surface area (Å²) >= 11 is 0. The molecule has 2 atom stereocenters. The van der Waals surface area contributed by atoms with E-state index in [1.165, 1.54) is 6.07 Å². The van der Waals surface area contributed by atoms with E-state index in [4.69, 9.17) is 14.4 Å². The number of carbonyl (C=O) groups excluding carboxylic acids is 1. The summed E-state index contributed by atoms with van der Waals surface area (Å²) in [6.45, 7) is 2.23. The van der Waals surface area contributed by atoms with Gasteiger partial charge in [-0.1, -0.05) is 0 Å². The maximum Gasteiger partial charge on any atom is 0.416 e. The van der Waals surface area contributed by atoms with E-state index in [9.17, 15) is 18.0 Å². The largest absolute Gasteiger partial charge is 0.490 e. The van der Waals surface area contributed by atoms with Crippen molar-refractivity contribution in [1.29, 1.82) is 5.26 Å². The summed E-state index contributed by atoms with van der Waals surface area (Å²) in [6, 6.07) is 2.73. The fourth-order valence-corrected chi connectivity index (χ4v) is 3.29. The molecule has 2 heterocycles. The Balaban J connectivity index is 1.55. The lowest BCUT2D eigenvalue weighted by atomic mass is 10.1. The Kier molecular flexibility index (Phi) is 5.01. The molecular formula is C19H18F3N5O3. The van der Waals surface area contributed by atoms with Crippen molar-refractivity contribution in [2.75, 3.05) is 6.54 Å². The van der Waals surface area contributed by atoms with Crippen LogP contribution in [0.4, 0.5) is 13.2 Å². The van der Waals surface area contributed by atoms with Gasteiger partial charge in [-0.3, -0.25) is 4.79 Å². The Hall–Kier alpha value is -3.29.